The second-order valence-electron chi connectivity index (χ2n) is 5.44. The van der Waals surface area contributed by atoms with Gasteiger partial charge in [-0.05, 0) is 12.1 Å². The summed E-state index contributed by atoms with van der Waals surface area (Å²) >= 11 is 0.999. The van der Waals surface area contributed by atoms with Gasteiger partial charge in [-0.25, -0.2) is 9.78 Å². The maximum absolute atomic E-state index is 12.2. The fourth-order valence-corrected chi connectivity index (χ4v) is 3.12. The number of carbonyl (C=O) groups excluding carboxylic acids is 3. The summed E-state index contributed by atoms with van der Waals surface area (Å²) in [5.41, 5.74) is 0.482. The number of hydroxylamine groups is 2. The standard InChI is InChI=1S/C16H11F3N2O4S/c17-16(18,19)6-5-12-20-9(8-26-12)7-13(22)25-21-14(23)10-3-1-2-4-11(10)15(21)24/h1-4,8H,5-7H2. The largest absolute Gasteiger partial charge is 0.389 e. The molecule has 1 aliphatic heterocycles. The molecule has 0 atom stereocenters. The molecule has 1 aromatic heterocycles. The first-order valence-corrected chi connectivity index (χ1v) is 8.31. The van der Waals surface area contributed by atoms with Gasteiger partial charge in [-0.1, -0.05) is 17.2 Å². The third kappa shape index (κ3) is 3.90. The van der Waals surface area contributed by atoms with Crippen molar-refractivity contribution in [2.75, 3.05) is 0 Å². The minimum Gasteiger partial charge on any atom is -0.329 e. The van der Waals surface area contributed by atoms with E-state index in [4.69, 9.17) is 4.84 Å². The topological polar surface area (TPSA) is 76.6 Å². The SMILES string of the molecule is O=C(Cc1csc(CCC(F)(F)F)n1)ON1C(=O)c2ccccc2C1=O. The normalized spacial score (nSPS) is 13.9. The Morgan fingerprint density at radius 1 is 1.15 bits per heavy atom. The van der Waals surface area contributed by atoms with Gasteiger partial charge in [0.1, 0.15) is 0 Å². The number of benzene rings is 1. The maximum Gasteiger partial charge on any atom is 0.389 e. The molecule has 0 aliphatic carbocycles. The van der Waals surface area contributed by atoms with Gasteiger partial charge in [0.05, 0.1) is 28.2 Å². The van der Waals surface area contributed by atoms with Gasteiger partial charge in [-0.2, -0.15) is 13.2 Å². The van der Waals surface area contributed by atoms with Crippen LogP contribution < -0.4 is 0 Å². The van der Waals surface area contributed by atoms with E-state index < -0.39 is 30.4 Å². The first kappa shape index (κ1) is 18.1. The van der Waals surface area contributed by atoms with Crippen molar-refractivity contribution >= 4 is 29.1 Å². The van der Waals surface area contributed by atoms with E-state index in [2.05, 4.69) is 4.98 Å². The summed E-state index contributed by atoms with van der Waals surface area (Å²) in [6.45, 7) is 0. The quantitative estimate of drug-likeness (QED) is 0.741. The van der Waals surface area contributed by atoms with E-state index in [0.717, 1.165) is 11.3 Å². The first-order chi connectivity index (χ1) is 12.2. The molecule has 3 rings (SSSR count). The molecule has 10 heteroatoms. The van der Waals surface area contributed by atoms with E-state index in [1.165, 1.54) is 17.5 Å². The van der Waals surface area contributed by atoms with Gasteiger partial charge in [0.2, 0.25) is 0 Å². The Morgan fingerprint density at radius 3 is 2.35 bits per heavy atom. The smallest absolute Gasteiger partial charge is 0.329 e. The molecule has 0 radical (unpaired) electrons. The van der Waals surface area contributed by atoms with Crippen LogP contribution >= 0.6 is 11.3 Å². The van der Waals surface area contributed by atoms with E-state index in [0.29, 0.717) is 5.06 Å². The fourth-order valence-electron chi connectivity index (χ4n) is 2.33. The lowest BCUT2D eigenvalue weighted by molar-refractivity contribution is -0.167. The Kier molecular flexibility index (Phi) is 4.77. The Labute approximate surface area is 149 Å². The van der Waals surface area contributed by atoms with Crippen LogP contribution in [0.15, 0.2) is 29.6 Å². The zero-order chi connectivity index (χ0) is 18.9. The highest BCUT2D eigenvalue weighted by atomic mass is 32.1. The van der Waals surface area contributed by atoms with Gasteiger partial charge in [-0.3, -0.25) is 9.59 Å². The van der Waals surface area contributed by atoms with E-state index >= 15 is 0 Å². The van der Waals surface area contributed by atoms with E-state index in [1.807, 2.05) is 0 Å². The van der Waals surface area contributed by atoms with E-state index in [1.54, 1.807) is 12.1 Å². The van der Waals surface area contributed by atoms with Crippen molar-refractivity contribution in [1.29, 1.82) is 0 Å². The molecule has 0 saturated heterocycles. The zero-order valence-corrected chi connectivity index (χ0v) is 13.9. The number of aryl methyl sites for hydroxylation is 1. The zero-order valence-electron chi connectivity index (χ0n) is 13.1. The Morgan fingerprint density at radius 2 is 1.77 bits per heavy atom. The number of fused-ring (bicyclic) bond motifs is 1. The van der Waals surface area contributed by atoms with Crippen LogP contribution in [0.4, 0.5) is 13.2 Å². The number of imide groups is 1. The third-order valence-corrected chi connectivity index (χ3v) is 4.45. The minimum absolute atomic E-state index is 0.133. The highest BCUT2D eigenvalue weighted by molar-refractivity contribution is 7.09. The molecule has 2 heterocycles. The third-order valence-electron chi connectivity index (χ3n) is 3.50. The lowest BCUT2D eigenvalue weighted by Crippen LogP contribution is -2.33. The Bertz CT molecular complexity index is 843. The number of alkyl halides is 3. The predicted octanol–water partition coefficient (Wildman–Crippen LogP) is 2.93. The summed E-state index contributed by atoms with van der Waals surface area (Å²) in [4.78, 5) is 44.9. The van der Waals surface area contributed by atoms with Crippen LogP contribution in [-0.2, 0) is 22.5 Å². The Hall–Kier alpha value is -2.75. The summed E-state index contributed by atoms with van der Waals surface area (Å²) in [6.07, 6.45) is -5.92. The molecule has 6 nitrogen and oxygen atoms in total. The Balaban J connectivity index is 1.59. The van der Waals surface area contributed by atoms with Crippen molar-refractivity contribution in [1.82, 2.24) is 10.0 Å². The van der Waals surface area contributed by atoms with E-state index in [-0.39, 0.29) is 34.7 Å². The number of thiazole rings is 1. The molecular formula is C16H11F3N2O4S. The summed E-state index contributed by atoms with van der Waals surface area (Å²) in [7, 11) is 0. The first-order valence-electron chi connectivity index (χ1n) is 7.43. The molecule has 1 aliphatic rings. The van der Waals surface area contributed by atoms with Crippen LogP contribution in [0.2, 0.25) is 0 Å². The van der Waals surface area contributed by atoms with Crippen molar-refractivity contribution in [3.8, 4) is 0 Å². The highest BCUT2D eigenvalue weighted by Crippen LogP contribution is 2.24. The van der Waals surface area contributed by atoms with Crippen LogP contribution in [0.3, 0.4) is 0 Å². The fraction of sp³-hybridized carbons (Fsp3) is 0.250. The predicted molar refractivity (Wildman–Crippen MR) is 83.2 cm³/mol. The summed E-state index contributed by atoms with van der Waals surface area (Å²) in [5.74, 6) is -2.40. The van der Waals surface area contributed by atoms with Crippen molar-refractivity contribution < 1.29 is 32.4 Å². The molecule has 0 unspecified atom stereocenters. The second-order valence-corrected chi connectivity index (χ2v) is 6.38. The maximum atomic E-state index is 12.2. The molecule has 2 amide bonds. The van der Waals surface area contributed by atoms with Crippen LogP contribution in [-0.4, -0.2) is 34.0 Å². The monoisotopic (exact) mass is 384 g/mol. The van der Waals surface area contributed by atoms with Gasteiger partial charge in [0.25, 0.3) is 11.8 Å². The molecule has 0 fully saturated rings. The number of hydrogen-bond acceptors (Lipinski definition) is 6. The average molecular weight is 384 g/mol. The number of aromatic nitrogens is 1. The van der Waals surface area contributed by atoms with Gasteiger partial charge in [-0.15, -0.1) is 11.3 Å². The van der Waals surface area contributed by atoms with Crippen LogP contribution in [0.1, 0.15) is 37.8 Å². The number of rotatable bonds is 5. The molecule has 1 aromatic carbocycles. The van der Waals surface area contributed by atoms with E-state index in [9.17, 15) is 27.6 Å². The van der Waals surface area contributed by atoms with Gasteiger partial charge < -0.3 is 4.84 Å². The summed E-state index contributed by atoms with van der Waals surface area (Å²) < 4.78 is 36.6. The molecule has 0 bridgehead atoms. The highest BCUT2D eigenvalue weighted by Gasteiger charge is 2.38. The number of halogens is 3. The summed E-state index contributed by atoms with van der Waals surface area (Å²) in [5, 5.41) is 2.06. The lowest BCUT2D eigenvalue weighted by atomic mass is 10.1. The number of nitrogens with zero attached hydrogens (tertiary/aromatic N) is 2. The van der Waals surface area contributed by atoms with Gasteiger partial charge in [0.15, 0.2) is 0 Å². The number of carbonyl (C=O) groups is 3. The lowest BCUT2D eigenvalue weighted by Gasteiger charge is -2.12. The molecule has 0 N–H and O–H groups in total. The molecular weight excluding hydrogens is 373 g/mol. The number of hydrogen-bond donors (Lipinski definition) is 0. The molecule has 0 saturated carbocycles. The molecule has 0 spiro atoms. The second kappa shape index (κ2) is 6.87. The minimum atomic E-state index is -4.28. The van der Waals surface area contributed by atoms with Crippen LogP contribution in [0, 0.1) is 0 Å². The summed E-state index contributed by atoms with van der Waals surface area (Å²) in [6, 6.07) is 6.04. The number of amides is 2. The van der Waals surface area contributed by atoms with Crippen molar-refractivity contribution in [2.45, 2.75) is 25.4 Å². The van der Waals surface area contributed by atoms with Crippen LogP contribution in [0.5, 0.6) is 0 Å². The van der Waals surface area contributed by atoms with Crippen molar-refractivity contribution in [3.63, 3.8) is 0 Å². The van der Waals surface area contributed by atoms with Crippen molar-refractivity contribution in [3.05, 3.63) is 51.5 Å². The van der Waals surface area contributed by atoms with Gasteiger partial charge >= 0.3 is 12.1 Å². The van der Waals surface area contributed by atoms with Crippen molar-refractivity contribution in [2.24, 2.45) is 0 Å². The molecule has 136 valence electrons. The molecule has 26 heavy (non-hydrogen) atoms. The van der Waals surface area contributed by atoms with Gasteiger partial charge in [0, 0.05) is 18.2 Å². The average Bonchev–Trinajstić information content (AvgIpc) is 3.11. The molecule has 2 aromatic rings. The van der Waals surface area contributed by atoms with Crippen LogP contribution in [0.25, 0.3) is 0 Å².